The zero-order valence-electron chi connectivity index (χ0n) is 8.47. The predicted octanol–water partition coefficient (Wildman–Crippen LogP) is 7.13. The highest BCUT2D eigenvalue weighted by Crippen LogP contribution is 2.66. The molecule has 1 heterocycles. The van der Waals surface area contributed by atoms with Crippen molar-refractivity contribution in [3.8, 4) is 0 Å². The molecule has 1 aliphatic heterocycles. The summed E-state index contributed by atoms with van der Waals surface area (Å²) in [4.78, 5) is 11.7. The number of esters is 1. The molecule has 0 aromatic carbocycles. The number of cyclic esters (lactones) is 1. The third-order valence-corrected chi connectivity index (χ3v) is 10.7. The van der Waals surface area contributed by atoms with Gasteiger partial charge in [0, 0.05) is 23.3 Å². The van der Waals surface area contributed by atoms with Gasteiger partial charge in [-0.25, -0.2) is 4.79 Å². The van der Waals surface area contributed by atoms with E-state index >= 15 is 0 Å². The summed E-state index contributed by atoms with van der Waals surface area (Å²) in [5, 5.41) is 0. The highest BCUT2D eigenvalue weighted by molar-refractivity contribution is 14.3. The van der Waals surface area contributed by atoms with Crippen LogP contribution in [0.1, 0.15) is 0 Å². The van der Waals surface area contributed by atoms with Gasteiger partial charge in [0.2, 0.25) is 3.78 Å². The summed E-state index contributed by atoms with van der Waals surface area (Å²) in [5.41, 5.74) is 0. The van der Waals surface area contributed by atoms with E-state index < -0.39 is 22.0 Å². The zero-order chi connectivity index (χ0) is 14.6. The Balaban J connectivity index is 2.59. The van der Waals surface area contributed by atoms with Gasteiger partial charge in [-0.3, -0.25) is 4.18 Å². The van der Waals surface area contributed by atoms with Crippen molar-refractivity contribution < 1.29 is 17.9 Å². The predicted molar refractivity (Wildman–Crippen MR) is 123 cm³/mol. The topological polar surface area (TPSA) is 44.8 Å². The van der Waals surface area contributed by atoms with Crippen molar-refractivity contribution in [2.75, 3.05) is 6.61 Å². The number of carbonyl (C=O) groups excluding carboxylic acids is 1. The molecule has 0 radical (unpaired) electrons. The lowest BCUT2D eigenvalue weighted by Crippen LogP contribution is -2.37. The van der Waals surface area contributed by atoms with Crippen LogP contribution in [0.2, 0.25) is 0 Å². The van der Waals surface area contributed by atoms with Crippen molar-refractivity contribution in [3.63, 3.8) is 0 Å². The fourth-order valence-corrected chi connectivity index (χ4v) is 7.29. The van der Waals surface area contributed by atoms with Gasteiger partial charge in [0.05, 0.1) is 0 Å². The number of ether oxygens (including phenoxy) is 1. The van der Waals surface area contributed by atoms with Crippen LogP contribution in [0.5, 0.6) is 0 Å². The number of alkyl halides is 2. The summed E-state index contributed by atoms with van der Waals surface area (Å²) in [6, 6.07) is 0. The summed E-state index contributed by atoms with van der Waals surface area (Å²) >= 11 is 21.1. The van der Waals surface area contributed by atoms with Gasteiger partial charge in [-0.05, 0) is 88.2 Å². The van der Waals surface area contributed by atoms with E-state index in [2.05, 4.69) is 104 Å². The molecular weight excluding hydrogens is 873 g/mol. The van der Waals surface area contributed by atoms with Crippen molar-refractivity contribution in [1.29, 1.82) is 0 Å². The standard InChI is InChI=1S/C5H4BrClI4O4P2S2/c6-5(7)3(15-19-17(10)11)2(14-4(5)12)1-13-18-16(8)9/h2-3H,1H2/t2-,3-,5+/m1/s1. The van der Waals surface area contributed by atoms with Crippen LogP contribution in [0, 0.1) is 0 Å². The minimum atomic E-state index is -1.34. The maximum Gasteiger partial charge on any atom is 0.341 e. The van der Waals surface area contributed by atoms with E-state index in [9.17, 15) is 4.79 Å². The van der Waals surface area contributed by atoms with Crippen LogP contribution >= 0.6 is 144 Å². The first kappa shape index (κ1) is 21.7. The summed E-state index contributed by atoms with van der Waals surface area (Å²) < 4.78 is 14.3. The van der Waals surface area contributed by atoms with Crippen LogP contribution in [-0.4, -0.2) is 28.6 Å². The van der Waals surface area contributed by atoms with Crippen molar-refractivity contribution in [2.24, 2.45) is 0 Å². The summed E-state index contributed by atoms with van der Waals surface area (Å²) in [5.74, 6) is -0.532. The number of hydrogen-bond donors (Lipinski definition) is 0. The van der Waals surface area contributed by atoms with Crippen molar-refractivity contribution in [2.45, 2.75) is 16.0 Å². The molecule has 4 nitrogen and oxygen atoms in total. The van der Waals surface area contributed by atoms with Crippen LogP contribution in [0.4, 0.5) is 0 Å². The third kappa shape index (κ3) is 7.59. The fraction of sp³-hybridized carbons (Fsp3) is 0.800. The van der Waals surface area contributed by atoms with Gasteiger partial charge in [0.15, 0.2) is 12.2 Å². The third-order valence-electron chi connectivity index (χ3n) is 1.77. The second-order valence-corrected chi connectivity index (χ2v) is 40.4. The Morgan fingerprint density at radius 1 is 1.37 bits per heavy atom. The molecule has 0 saturated carbocycles. The number of halogens is 6. The van der Waals surface area contributed by atoms with Gasteiger partial charge < -0.3 is 8.92 Å². The van der Waals surface area contributed by atoms with Crippen molar-refractivity contribution in [3.05, 3.63) is 0 Å². The van der Waals surface area contributed by atoms with Gasteiger partial charge in [-0.2, -0.15) is 0 Å². The lowest BCUT2D eigenvalue weighted by Gasteiger charge is -2.21. The SMILES string of the molecule is O=C1O[C@H](COSP(I)I)[C@@H](OSP(I)I)[C@@]1(Cl)Br. The molecule has 0 N–H and O–H groups in total. The smallest absolute Gasteiger partial charge is 0.341 e. The van der Waals surface area contributed by atoms with Gasteiger partial charge in [-0.15, -0.1) is 0 Å². The molecule has 0 aromatic heterocycles. The number of hydrogen-bond acceptors (Lipinski definition) is 6. The van der Waals surface area contributed by atoms with E-state index in [1.807, 2.05) is 0 Å². The Morgan fingerprint density at radius 2 is 1.95 bits per heavy atom. The maximum atomic E-state index is 11.7. The lowest BCUT2D eigenvalue weighted by molar-refractivity contribution is -0.142. The van der Waals surface area contributed by atoms with Crippen LogP contribution in [0.15, 0.2) is 0 Å². The van der Waals surface area contributed by atoms with E-state index in [1.54, 1.807) is 0 Å². The quantitative estimate of drug-likeness (QED) is 0.0893. The molecule has 0 aliphatic carbocycles. The van der Waals surface area contributed by atoms with Gasteiger partial charge >= 0.3 is 5.97 Å². The Kier molecular flexibility index (Phi) is 12.1. The molecule has 0 spiro atoms. The molecule has 1 aliphatic rings. The van der Waals surface area contributed by atoms with E-state index in [-0.39, 0.29) is 11.4 Å². The highest BCUT2D eigenvalue weighted by Gasteiger charge is 2.57. The van der Waals surface area contributed by atoms with E-state index in [0.29, 0.717) is 0 Å². The molecule has 1 fully saturated rings. The van der Waals surface area contributed by atoms with E-state index in [0.717, 1.165) is 0 Å². The number of rotatable bonds is 7. The molecule has 112 valence electrons. The molecular formula is C5H4BrClI4O4P2S2. The van der Waals surface area contributed by atoms with Crippen molar-refractivity contribution in [1.82, 2.24) is 0 Å². The van der Waals surface area contributed by atoms with Gasteiger partial charge in [-0.1, -0.05) is 27.5 Å². The van der Waals surface area contributed by atoms with Crippen LogP contribution < -0.4 is 0 Å². The van der Waals surface area contributed by atoms with Crippen LogP contribution in [-0.2, 0) is 17.9 Å². The van der Waals surface area contributed by atoms with E-state index in [1.165, 1.54) is 23.3 Å². The summed E-state index contributed by atoms with van der Waals surface area (Å²) in [6.07, 6.45) is -1.09. The molecule has 1 saturated heterocycles. The lowest BCUT2D eigenvalue weighted by atomic mass is 10.2. The summed E-state index contributed by atoms with van der Waals surface area (Å²) in [6.45, 7) is 0.257. The largest absolute Gasteiger partial charge is 0.455 e. The van der Waals surface area contributed by atoms with Crippen LogP contribution in [0.3, 0.4) is 0 Å². The Bertz CT molecular complexity index is 332. The highest BCUT2D eigenvalue weighted by atomic mass is 127. The molecule has 0 unspecified atom stereocenters. The maximum absolute atomic E-state index is 11.7. The summed E-state index contributed by atoms with van der Waals surface area (Å²) in [7, 11) is 0. The molecule has 1 rings (SSSR count). The average Bonchev–Trinajstić information content (AvgIpc) is 2.47. The Morgan fingerprint density at radius 3 is 2.47 bits per heavy atom. The first-order valence-electron chi connectivity index (χ1n) is 4.20. The molecule has 0 aromatic rings. The zero-order valence-corrected chi connectivity index (χ0v) is 22.9. The molecule has 14 heteroatoms. The van der Waals surface area contributed by atoms with E-state index in [4.69, 9.17) is 24.7 Å². The molecule has 0 amide bonds. The van der Waals surface area contributed by atoms with Crippen molar-refractivity contribution >= 4 is 150 Å². The first-order valence-corrected chi connectivity index (χ1v) is 21.9. The molecule has 0 bridgehead atoms. The molecule has 19 heavy (non-hydrogen) atoms. The monoisotopic (exact) mass is 875 g/mol. The second kappa shape index (κ2) is 10.6. The number of carbonyl (C=O) groups is 1. The van der Waals surface area contributed by atoms with Gasteiger partial charge in [0.1, 0.15) is 11.4 Å². The minimum Gasteiger partial charge on any atom is -0.455 e. The Hall–Kier alpha value is 4.64. The fourth-order valence-electron chi connectivity index (χ4n) is 1.09. The molecule has 3 atom stereocenters. The Labute approximate surface area is 186 Å². The first-order chi connectivity index (χ1) is 8.75. The normalized spacial score (nSPS) is 31.3. The van der Waals surface area contributed by atoms with Crippen LogP contribution in [0.25, 0.3) is 0 Å². The van der Waals surface area contributed by atoms with Gasteiger partial charge in [0.25, 0.3) is 0 Å². The second-order valence-electron chi connectivity index (χ2n) is 2.92. The average molecular weight is 877 g/mol. The minimum absolute atomic E-state index is 0.257.